The molecule has 3 heterocycles. The van der Waals surface area contributed by atoms with Crippen LogP contribution in [0.25, 0.3) is 0 Å². The Labute approximate surface area is 153 Å². The second-order valence-electron chi connectivity index (χ2n) is 6.20. The fourth-order valence-electron chi connectivity index (χ4n) is 3.11. The standard InChI is InChI=1S/C17H16N4O4S/c1-9-19-20-17(26-9)18-14(22)10-4-5-12-13(7-10)16(24)21(15(12)23)8-11-3-2-6-25-11/h4-5,7,11H,2-3,6,8H2,1H3,(H,18,20,22)/t11-/m0/s1. The third kappa shape index (κ3) is 2.99. The normalized spacial score (nSPS) is 19.1. The van der Waals surface area contributed by atoms with Crippen LogP contribution < -0.4 is 5.32 Å². The van der Waals surface area contributed by atoms with E-state index >= 15 is 0 Å². The van der Waals surface area contributed by atoms with E-state index in [1.165, 1.54) is 34.4 Å². The summed E-state index contributed by atoms with van der Waals surface area (Å²) in [4.78, 5) is 38.7. The summed E-state index contributed by atoms with van der Waals surface area (Å²) in [5.74, 6) is -1.13. The molecule has 0 unspecified atom stereocenters. The van der Waals surface area contributed by atoms with Crippen molar-refractivity contribution in [1.29, 1.82) is 0 Å². The van der Waals surface area contributed by atoms with Gasteiger partial charge in [0.05, 0.1) is 23.8 Å². The molecule has 26 heavy (non-hydrogen) atoms. The van der Waals surface area contributed by atoms with E-state index in [1.54, 1.807) is 6.92 Å². The number of hydrogen-bond donors (Lipinski definition) is 1. The van der Waals surface area contributed by atoms with Gasteiger partial charge in [0.25, 0.3) is 17.7 Å². The third-order valence-corrected chi connectivity index (χ3v) is 5.14. The van der Waals surface area contributed by atoms with Crippen LogP contribution in [-0.4, -0.2) is 52.1 Å². The van der Waals surface area contributed by atoms with Crippen LogP contribution in [0.5, 0.6) is 0 Å². The predicted molar refractivity (Wildman–Crippen MR) is 93.4 cm³/mol. The molecule has 1 aromatic heterocycles. The van der Waals surface area contributed by atoms with Crippen LogP contribution in [0.4, 0.5) is 5.13 Å². The molecule has 9 heteroatoms. The Bertz CT molecular complexity index is 904. The number of rotatable bonds is 4. The van der Waals surface area contributed by atoms with E-state index in [0.717, 1.165) is 17.8 Å². The number of nitrogens with one attached hydrogen (secondary N) is 1. The lowest BCUT2D eigenvalue weighted by Crippen LogP contribution is -2.36. The highest BCUT2D eigenvalue weighted by Crippen LogP contribution is 2.26. The Kier molecular flexibility index (Phi) is 4.25. The van der Waals surface area contributed by atoms with Crippen molar-refractivity contribution in [2.45, 2.75) is 25.9 Å². The summed E-state index contributed by atoms with van der Waals surface area (Å²) in [5, 5.41) is 11.4. The first kappa shape index (κ1) is 16.8. The average molecular weight is 372 g/mol. The summed E-state index contributed by atoms with van der Waals surface area (Å²) >= 11 is 1.26. The molecule has 2 aromatic rings. The summed E-state index contributed by atoms with van der Waals surface area (Å²) in [5.41, 5.74) is 0.849. The van der Waals surface area contributed by atoms with Crippen molar-refractivity contribution in [3.63, 3.8) is 0 Å². The smallest absolute Gasteiger partial charge is 0.261 e. The van der Waals surface area contributed by atoms with Gasteiger partial charge < -0.3 is 4.74 Å². The Hall–Kier alpha value is -2.65. The number of aromatic nitrogens is 2. The molecule has 2 aliphatic rings. The number of carbonyl (C=O) groups is 3. The maximum Gasteiger partial charge on any atom is 0.261 e. The first-order valence-electron chi connectivity index (χ1n) is 8.26. The van der Waals surface area contributed by atoms with Crippen LogP contribution >= 0.6 is 11.3 Å². The lowest BCUT2D eigenvalue weighted by Gasteiger charge is -2.17. The summed E-state index contributed by atoms with van der Waals surface area (Å²) in [6.07, 6.45) is 1.66. The van der Waals surface area contributed by atoms with Crippen LogP contribution in [-0.2, 0) is 4.74 Å². The molecular weight excluding hydrogens is 356 g/mol. The van der Waals surface area contributed by atoms with Gasteiger partial charge in [-0.25, -0.2) is 0 Å². The number of fused-ring (bicyclic) bond motifs is 1. The molecule has 1 atom stereocenters. The van der Waals surface area contributed by atoms with Gasteiger partial charge in [-0.1, -0.05) is 11.3 Å². The third-order valence-electron chi connectivity index (χ3n) is 4.39. The topological polar surface area (TPSA) is 101 Å². The van der Waals surface area contributed by atoms with Gasteiger partial charge in [-0.2, -0.15) is 0 Å². The molecule has 0 bridgehead atoms. The molecule has 0 radical (unpaired) electrons. The molecule has 0 spiro atoms. The zero-order chi connectivity index (χ0) is 18.3. The quantitative estimate of drug-likeness (QED) is 0.822. The number of benzene rings is 1. The average Bonchev–Trinajstić information content (AvgIpc) is 3.33. The molecule has 0 aliphatic carbocycles. The van der Waals surface area contributed by atoms with Crippen LogP contribution in [0.15, 0.2) is 18.2 Å². The van der Waals surface area contributed by atoms with Crippen molar-refractivity contribution < 1.29 is 19.1 Å². The minimum atomic E-state index is -0.401. The fourth-order valence-corrected chi connectivity index (χ4v) is 3.69. The number of nitrogens with zero attached hydrogens (tertiary/aromatic N) is 3. The molecule has 1 aromatic carbocycles. The van der Waals surface area contributed by atoms with E-state index in [1.807, 2.05) is 0 Å². The maximum absolute atomic E-state index is 12.6. The Morgan fingerprint density at radius 1 is 1.31 bits per heavy atom. The van der Waals surface area contributed by atoms with Gasteiger partial charge in [-0.3, -0.25) is 24.6 Å². The highest BCUT2D eigenvalue weighted by Gasteiger charge is 2.37. The molecule has 4 rings (SSSR count). The summed E-state index contributed by atoms with van der Waals surface area (Å²) in [7, 11) is 0. The molecule has 1 saturated heterocycles. The van der Waals surface area contributed by atoms with Gasteiger partial charge in [0.15, 0.2) is 0 Å². The Balaban J connectivity index is 1.54. The largest absolute Gasteiger partial charge is 0.376 e. The molecule has 2 aliphatic heterocycles. The SMILES string of the molecule is Cc1nnc(NC(=O)c2ccc3c(c2)C(=O)N(C[C@@H]2CCCO2)C3=O)s1. The van der Waals surface area contributed by atoms with Crippen LogP contribution in [0, 0.1) is 6.92 Å². The molecule has 8 nitrogen and oxygen atoms in total. The number of hydrogen-bond acceptors (Lipinski definition) is 7. The first-order chi connectivity index (χ1) is 12.5. The summed E-state index contributed by atoms with van der Waals surface area (Å²) in [6.45, 7) is 2.69. The van der Waals surface area contributed by atoms with E-state index in [9.17, 15) is 14.4 Å². The van der Waals surface area contributed by atoms with Crippen molar-refractivity contribution in [1.82, 2.24) is 15.1 Å². The molecule has 0 saturated carbocycles. The van der Waals surface area contributed by atoms with Gasteiger partial charge in [0.2, 0.25) is 5.13 Å². The van der Waals surface area contributed by atoms with Gasteiger partial charge in [0.1, 0.15) is 5.01 Å². The van der Waals surface area contributed by atoms with Crippen molar-refractivity contribution in [2.75, 3.05) is 18.5 Å². The summed E-state index contributed by atoms with van der Waals surface area (Å²) in [6, 6.07) is 4.50. The van der Waals surface area contributed by atoms with Crippen molar-refractivity contribution >= 4 is 34.2 Å². The molecule has 1 N–H and O–H groups in total. The highest BCUT2D eigenvalue weighted by atomic mass is 32.1. The van der Waals surface area contributed by atoms with Crippen LogP contribution in [0.1, 0.15) is 48.9 Å². The highest BCUT2D eigenvalue weighted by molar-refractivity contribution is 7.15. The van der Waals surface area contributed by atoms with Gasteiger partial charge >= 0.3 is 0 Å². The Morgan fingerprint density at radius 3 is 2.81 bits per heavy atom. The Morgan fingerprint density at radius 2 is 2.12 bits per heavy atom. The number of amides is 3. The predicted octanol–water partition coefficient (Wildman–Crippen LogP) is 1.87. The van der Waals surface area contributed by atoms with Gasteiger partial charge in [-0.15, -0.1) is 10.2 Å². The molecule has 1 fully saturated rings. The zero-order valence-corrected chi connectivity index (χ0v) is 14.8. The minimum absolute atomic E-state index is 0.111. The molecule has 134 valence electrons. The number of ether oxygens (including phenoxy) is 1. The van der Waals surface area contributed by atoms with Crippen molar-refractivity contribution in [3.05, 3.63) is 39.9 Å². The van der Waals surface area contributed by atoms with Crippen molar-refractivity contribution in [3.8, 4) is 0 Å². The monoisotopic (exact) mass is 372 g/mol. The first-order valence-corrected chi connectivity index (χ1v) is 9.08. The van der Waals surface area contributed by atoms with E-state index in [-0.39, 0.29) is 35.6 Å². The lowest BCUT2D eigenvalue weighted by molar-refractivity contribution is 0.0475. The number of imide groups is 1. The number of anilines is 1. The van der Waals surface area contributed by atoms with E-state index in [2.05, 4.69) is 15.5 Å². The minimum Gasteiger partial charge on any atom is -0.376 e. The van der Waals surface area contributed by atoms with E-state index < -0.39 is 5.91 Å². The van der Waals surface area contributed by atoms with Gasteiger partial charge in [-0.05, 0) is 38.0 Å². The van der Waals surface area contributed by atoms with Crippen molar-refractivity contribution in [2.24, 2.45) is 0 Å². The second-order valence-corrected chi connectivity index (χ2v) is 7.38. The number of aryl methyl sites for hydroxylation is 1. The second kappa shape index (κ2) is 6.58. The van der Waals surface area contributed by atoms with Gasteiger partial charge in [0, 0.05) is 12.2 Å². The fraction of sp³-hybridized carbons (Fsp3) is 0.353. The summed E-state index contributed by atoms with van der Waals surface area (Å²) < 4.78 is 5.52. The van der Waals surface area contributed by atoms with E-state index in [4.69, 9.17) is 4.74 Å². The lowest BCUT2D eigenvalue weighted by atomic mass is 10.1. The molecular formula is C17H16N4O4S. The van der Waals surface area contributed by atoms with Crippen LogP contribution in [0.3, 0.4) is 0 Å². The maximum atomic E-state index is 12.6. The van der Waals surface area contributed by atoms with E-state index in [0.29, 0.717) is 17.3 Å². The van der Waals surface area contributed by atoms with Crippen LogP contribution in [0.2, 0.25) is 0 Å². The number of carbonyl (C=O) groups excluding carboxylic acids is 3. The zero-order valence-electron chi connectivity index (χ0n) is 14.0. The molecule has 3 amide bonds.